The second-order valence-corrected chi connectivity index (χ2v) is 14.0. The third-order valence-electron chi connectivity index (χ3n) is 10.9. The number of aromatic nitrogens is 4. The molecule has 0 N–H and O–H groups in total. The van der Waals surface area contributed by atoms with Gasteiger partial charge in [0.1, 0.15) is 0 Å². The predicted molar refractivity (Wildman–Crippen MR) is 210 cm³/mol. The lowest BCUT2D eigenvalue weighted by Crippen LogP contribution is -2.33. The number of rotatable bonds is 4. The number of para-hydroxylation sites is 1. The van der Waals surface area contributed by atoms with Crippen LogP contribution in [-0.2, 0) is 0 Å². The van der Waals surface area contributed by atoms with Gasteiger partial charge in [0.2, 0.25) is 0 Å². The molecule has 5 aromatic carbocycles. The summed E-state index contributed by atoms with van der Waals surface area (Å²) in [6, 6.07) is 38.4. The maximum Gasteiger partial charge on any atom is 0.164 e. The van der Waals surface area contributed by atoms with Crippen molar-refractivity contribution in [2.45, 2.75) is 19.8 Å². The van der Waals surface area contributed by atoms with Gasteiger partial charge in [0.25, 0.3) is 0 Å². The van der Waals surface area contributed by atoms with Gasteiger partial charge in [0, 0.05) is 45.2 Å². The molecule has 3 aliphatic carbocycles. The van der Waals surface area contributed by atoms with Crippen molar-refractivity contribution in [1.82, 2.24) is 19.9 Å². The number of fused-ring (bicyclic) bond motifs is 6. The molecule has 0 saturated heterocycles. The molecule has 242 valence electrons. The van der Waals surface area contributed by atoms with Gasteiger partial charge < -0.3 is 0 Å². The van der Waals surface area contributed by atoms with Crippen molar-refractivity contribution >= 4 is 38.0 Å². The Bertz CT molecular complexity index is 2710. The zero-order valence-electron chi connectivity index (χ0n) is 28.3. The molecule has 3 aliphatic rings. The van der Waals surface area contributed by atoms with E-state index in [1.165, 1.54) is 21.9 Å². The molecule has 0 aliphatic heterocycles. The van der Waals surface area contributed by atoms with Crippen LogP contribution in [-0.4, -0.2) is 19.9 Å². The maximum atomic E-state index is 5.37. The smallest absolute Gasteiger partial charge is 0.164 e. The van der Waals surface area contributed by atoms with E-state index in [4.69, 9.17) is 19.9 Å². The minimum Gasteiger partial charge on any atom is -0.256 e. The van der Waals surface area contributed by atoms with Crippen LogP contribution < -0.4 is 0 Å². The van der Waals surface area contributed by atoms with Gasteiger partial charge in [-0.2, -0.15) is 0 Å². The molecular weight excluding hydrogens is 621 g/mol. The molecule has 0 bridgehead atoms. The minimum atomic E-state index is -0.177. The lowest BCUT2D eigenvalue weighted by Gasteiger charge is -2.42. The average Bonchev–Trinajstić information content (AvgIpc) is 3.20. The number of nitrogens with zero attached hydrogens (tertiary/aromatic N) is 4. The van der Waals surface area contributed by atoms with E-state index in [9.17, 15) is 0 Å². The Balaban J connectivity index is 1.17. The molecule has 0 radical (unpaired) electrons. The van der Waals surface area contributed by atoms with Gasteiger partial charge in [0.15, 0.2) is 17.5 Å². The van der Waals surface area contributed by atoms with Crippen molar-refractivity contribution in [3.05, 3.63) is 175 Å². The highest BCUT2D eigenvalue weighted by atomic mass is 15.0. The molecule has 0 spiro atoms. The SMILES string of the molecule is CC12C=CC=CC1C(c1nc(-c3ccc(-c4cnc5ccccc5c4)cc3)nc(-c3cc4ccccc4c4ccccc34)n1)=CC1=C2C=CCC1. The molecule has 2 unspecified atom stereocenters. The van der Waals surface area contributed by atoms with Crippen LogP contribution in [0.5, 0.6) is 0 Å². The summed E-state index contributed by atoms with van der Waals surface area (Å²) < 4.78 is 0. The van der Waals surface area contributed by atoms with Gasteiger partial charge >= 0.3 is 0 Å². The Morgan fingerprint density at radius 3 is 2.25 bits per heavy atom. The van der Waals surface area contributed by atoms with E-state index in [0.717, 1.165) is 68.2 Å². The van der Waals surface area contributed by atoms with Crippen LogP contribution in [0.2, 0.25) is 0 Å². The molecule has 4 nitrogen and oxygen atoms in total. The summed E-state index contributed by atoms with van der Waals surface area (Å²) in [5.41, 5.74) is 8.86. The Morgan fingerprint density at radius 2 is 1.37 bits per heavy atom. The van der Waals surface area contributed by atoms with Gasteiger partial charge in [-0.25, -0.2) is 15.0 Å². The van der Waals surface area contributed by atoms with E-state index in [0.29, 0.717) is 11.6 Å². The molecule has 10 rings (SSSR count). The van der Waals surface area contributed by atoms with Crippen molar-refractivity contribution in [3.8, 4) is 33.9 Å². The molecule has 0 fully saturated rings. The maximum absolute atomic E-state index is 5.37. The van der Waals surface area contributed by atoms with E-state index < -0.39 is 0 Å². The average molecular weight is 655 g/mol. The first-order valence-corrected chi connectivity index (χ1v) is 17.7. The molecule has 2 aromatic heterocycles. The first kappa shape index (κ1) is 29.6. The summed E-state index contributed by atoms with van der Waals surface area (Å²) >= 11 is 0. The van der Waals surface area contributed by atoms with Crippen LogP contribution in [0.1, 0.15) is 25.6 Å². The standard InChI is InChI=1S/C47H34N4/c1-47-25-11-10-19-42(47)40(28-33-13-3-8-18-41(33)47)46-50-44(31-23-21-30(22-24-31)35-26-34-14-4-9-20-43(34)48-29-35)49-45(51-46)39-27-32-12-2-5-15-36(32)37-16-6-7-17-38(37)39/h2,4-12,14-29,42H,3,13H2,1H3. The van der Waals surface area contributed by atoms with Gasteiger partial charge in [0.05, 0.1) is 5.52 Å². The molecular formula is C47H34N4. The van der Waals surface area contributed by atoms with Crippen LogP contribution in [0.15, 0.2) is 169 Å². The fraction of sp³-hybridized carbons (Fsp3) is 0.106. The molecule has 2 heterocycles. The number of benzene rings is 5. The third-order valence-corrected chi connectivity index (χ3v) is 10.9. The highest BCUT2D eigenvalue weighted by molar-refractivity contribution is 6.13. The monoisotopic (exact) mass is 654 g/mol. The molecule has 0 amide bonds. The van der Waals surface area contributed by atoms with E-state index in [-0.39, 0.29) is 11.3 Å². The van der Waals surface area contributed by atoms with Crippen LogP contribution in [0.4, 0.5) is 0 Å². The molecule has 2 atom stereocenters. The van der Waals surface area contributed by atoms with Crippen molar-refractivity contribution in [3.63, 3.8) is 0 Å². The minimum absolute atomic E-state index is 0.100. The lowest BCUT2D eigenvalue weighted by atomic mass is 9.61. The second kappa shape index (κ2) is 11.7. The van der Waals surface area contributed by atoms with Crippen molar-refractivity contribution < 1.29 is 0 Å². The van der Waals surface area contributed by atoms with Gasteiger partial charge in [-0.15, -0.1) is 0 Å². The van der Waals surface area contributed by atoms with Crippen molar-refractivity contribution in [1.29, 1.82) is 0 Å². The highest BCUT2D eigenvalue weighted by Gasteiger charge is 2.42. The van der Waals surface area contributed by atoms with Gasteiger partial charge in [-0.05, 0) is 69.3 Å². The van der Waals surface area contributed by atoms with Crippen LogP contribution >= 0.6 is 0 Å². The van der Waals surface area contributed by atoms with Crippen molar-refractivity contribution in [2.24, 2.45) is 11.3 Å². The predicted octanol–water partition coefficient (Wildman–Crippen LogP) is 11.5. The number of hydrogen-bond acceptors (Lipinski definition) is 4. The van der Waals surface area contributed by atoms with E-state index >= 15 is 0 Å². The molecule has 4 heteroatoms. The number of allylic oxidation sites excluding steroid dienone is 10. The third kappa shape index (κ3) is 4.90. The quantitative estimate of drug-likeness (QED) is 0.177. The summed E-state index contributed by atoms with van der Waals surface area (Å²) in [6.45, 7) is 2.36. The van der Waals surface area contributed by atoms with E-state index in [2.05, 4.69) is 147 Å². The lowest BCUT2D eigenvalue weighted by molar-refractivity contribution is 0.433. The topological polar surface area (TPSA) is 51.6 Å². The van der Waals surface area contributed by atoms with Crippen LogP contribution in [0.3, 0.4) is 0 Å². The summed E-state index contributed by atoms with van der Waals surface area (Å²) in [5.74, 6) is 2.17. The largest absolute Gasteiger partial charge is 0.256 e. The fourth-order valence-corrected chi connectivity index (χ4v) is 8.29. The number of pyridine rings is 1. The summed E-state index contributed by atoms with van der Waals surface area (Å²) in [6.07, 6.45) is 20.0. The normalized spacial score (nSPS) is 19.4. The van der Waals surface area contributed by atoms with Crippen LogP contribution in [0.25, 0.3) is 71.9 Å². The second-order valence-electron chi connectivity index (χ2n) is 14.0. The first-order valence-electron chi connectivity index (χ1n) is 17.7. The molecule has 7 aromatic rings. The summed E-state index contributed by atoms with van der Waals surface area (Å²) in [5, 5.41) is 5.83. The van der Waals surface area contributed by atoms with E-state index in [1.54, 1.807) is 0 Å². The van der Waals surface area contributed by atoms with Crippen molar-refractivity contribution in [2.75, 3.05) is 0 Å². The van der Waals surface area contributed by atoms with Gasteiger partial charge in [-0.3, -0.25) is 4.98 Å². The molecule has 51 heavy (non-hydrogen) atoms. The fourth-order valence-electron chi connectivity index (χ4n) is 8.29. The summed E-state index contributed by atoms with van der Waals surface area (Å²) in [7, 11) is 0. The zero-order chi connectivity index (χ0) is 33.9. The Labute approximate surface area is 297 Å². The Kier molecular flexibility index (Phi) is 6.78. The summed E-state index contributed by atoms with van der Waals surface area (Å²) in [4.78, 5) is 20.6. The Morgan fingerprint density at radius 1 is 0.647 bits per heavy atom. The van der Waals surface area contributed by atoms with E-state index in [1.807, 2.05) is 18.3 Å². The van der Waals surface area contributed by atoms with Crippen LogP contribution in [0, 0.1) is 11.3 Å². The number of hydrogen-bond donors (Lipinski definition) is 0. The molecule has 0 saturated carbocycles. The first-order chi connectivity index (χ1) is 25.1. The zero-order valence-corrected chi connectivity index (χ0v) is 28.3. The highest BCUT2D eigenvalue weighted by Crippen LogP contribution is 2.53. The Hall–Kier alpha value is -6.26. The van der Waals surface area contributed by atoms with Gasteiger partial charge in [-0.1, -0.05) is 140 Å².